The fraction of sp³-hybridized carbons (Fsp3) is 0.579. The van der Waals surface area contributed by atoms with E-state index in [-0.39, 0.29) is 24.5 Å². The maximum Gasteiger partial charge on any atom is 0.490 e. The third kappa shape index (κ3) is 12.0. The number of carbonyl (C=O) groups excluding carboxylic acids is 1. The van der Waals surface area contributed by atoms with Crippen LogP contribution >= 0.6 is 21.6 Å². The van der Waals surface area contributed by atoms with E-state index in [1.54, 1.807) is 23.1 Å². The molecule has 1 aliphatic heterocycles. The van der Waals surface area contributed by atoms with Crippen molar-refractivity contribution < 1.29 is 42.5 Å². The first-order valence-electron chi connectivity index (χ1n) is 9.81. The van der Waals surface area contributed by atoms with Gasteiger partial charge in [-0.15, -0.1) is 0 Å². The summed E-state index contributed by atoms with van der Waals surface area (Å²) in [5.41, 5.74) is 0.534. The van der Waals surface area contributed by atoms with Crippen molar-refractivity contribution in [3.63, 3.8) is 0 Å². The van der Waals surface area contributed by atoms with E-state index in [4.69, 9.17) is 19.7 Å². The molecule has 1 aliphatic rings. The maximum absolute atomic E-state index is 12.1. The van der Waals surface area contributed by atoms with E-state index in [2.05, 4.69) is 15.2 Å². The molecule has 2 heterocycles. The first-order chi connectivity index (χ1) is 15.4. The average molecular weight is 514 g/mol. The molecule has 9 nitrogen and oxygen atoms in total. The third-order valence-electron chi connectivity index (χ3n) is 3.95. The van der Waals surface area contributed by atoms with Crippen LogP contribution in [0.25, 0.3) is 0 Å². The van der Waals surface area contributed by atoms with Gasteiger partial charge in [0.25, 0.3) is 5.91 Å². The second-order valence-electron chi connectivity index (χ2n) is 6.91. The van der Waals surface area contributed by atoms with Crippen LogP contribution < -0.4 is 10.2 Å². The van der Waals surface area contributed by atoms with Crippen LogP contribution in [0.5, 0.6) is 0 Å². The van der Waals surface area contributed by atoms with Crippen LogP contribution in [0, 0.1) is 0 Å². The number of nitrogens with one attached hydrogen (secondary N) is 1. The Morgan fingerprint density at radius 2 is 1.73 bits per heavy atom. The Kier molecular flexibility index (Phi) is 12.4. The summed E-state index contributed by atoms with van der Waals surface area (Å²) in [6.45, 7) is 6.20. The Morgan fingerprint density at radius 1 is 1.15 bits per heavy atom. The van der Waals surface area contributed by atoms with Crippen molar-refractivity contribution in [1.29, 1.82) is 0 Å². The molecule has 2 rings (SSSR count). The molecule has 0 saturated carbocycles. The number of aromatic nitrogens is 1. The lowest BCUT2D eigenvalue weighted by Crippen LogP contribution is -2.45. The molecule has 0 aliphatic carbocycles. The average Bonchev–Trinajstić information content (AvgIpc) is 2.72. The highest BCUT2D eigenvalue weighted by atomic mass is 33.1. The zero-order valence-electron chi connectivity index (χ0n) is 18.0. The number of morpholine rings is 1. The number of hydrogen-bond donors (Lipinski definition) is 3. The number of carboxylic acid groups (broad SMARTS) is 2. The zero-order chi connectivity index (χ0) is 25.0. The van der Waals surface area contributed by atoms with Gasteiger partial charge < -0.3 is 25.2 Å². The lowest BCUT2D eigenvalue weighted by Gasteiger charge is -2.36. The van der Waals surface area contributed by atoms with Gasteiger partial charge in [-0.3, -0.25) is 9.59 Å². The molecule has 3 N–H and O–H groups in total. The normalized spacial score (nSPS) is 18.2. The molecule has 2 atom stereocenters. The van der Waals surface area contributed by atoms with E-state index in [0.29, 0.717) is 17.9 Å². The highest BCUT2D eigenvalue weighted by Gasteiger charge is 2.38. The molecular weight excluding hydrogens is 487 g/mol. The van der Waals surface area contributed by atoms with Gasteiger partial charge in [-0.25, -0.2) is 9.78 Å². The highest BCUT2D eigenvalue weighted by molar-refractivity contribution is 8.76. The summed E-state index contributed by atoms with van der Waals surface area (Å²) in [4.78, 5) is 38.0. The summed E-state index contributed by atoms with van der Waals surface area (Å²) in [6, 6.07) is 3.66. The van der Waals surface area contributed by atoms with Crippen molar-refractivity contribution in [1.82, 2.24) is 10.3 Å². The molecule has 1 saturated heterocycles. The number of hydrogen-bond acceptors (Lipinski definition) is 8. The van der Waals surface area contributed by atoms with Crippen molar-refractivity contribution in [2.45, 2.75) is 38.7 Å². The lowest BCUT2D eigenvalue weighted by molar-refractivity contribution is -0.192. The fourth-order valence-electron chi connectivity index (χ4n) is 2.63. The van der Waals surface area contributed by atoms with Crippen LogP contribution in [0.2, 0.25) is 0 Å². The predicted molar refractivity (Wildman–Crippen MR) is 120 cm³/mol. The second-order valence-corrected chi connectivity index (χ2v) is 9.62. The third-order valence-corrected chi connectivity index (χ3v) is 6.36. The van der Waals surface area contributed by atoms with Crippen molar-refractivity contribution >= 4 is 45.3 Å². The summed E-state index contributed by atoms with van der Waals surface area (Å²) in [6.07, 6.45) is -3.00. The van der Waals surface area contributed by atoms with Crippen LogP contribution in [0.15, 0.2) is 18.3 Å². The number of nitrogens with zero attached hydrogens (tertiary/aromatic N) is 2. The van der Waals surface area contributed by atoms with E-state index in [9.17, 15) is 22.8 Å². The number of carbonyl (C=O) groups is 3. The van der Waals surface area contributed by atoms with Gasteiger partial charge >= 0.3 is 18.1 Å². The monoisotopic (exact) mass is 513 g/mol. The Morgan fingerprint density at radius 3 is 2.21 bits per heavy atom. The Labute approximate surface area is 196 Å². The maximum atomic E-state index is 12.1. The number of amides is 1. The minimum absolute atomic E-state index is 0.149. The summed E-state index contributed by atoms with van der Waals surface area (Å²) in [5.74, 6) is -1.54. The van der Waals surface area contributed by atoms with Gasteiger partial charge in [0.1, 0.15) is 5.82 Å². The molecule has 1 amide bonds. The topological polar surface area (TPSA) is 129 Å². The number of carboxylic acids is 2. The first kappa shape index (κ1) is 28.8. The van der Waals surface area contributed by atoms with Crippen LogP contribution in [0.4, 0.5) is 19.0 Å². The van der Waals surface area contributed by atoms with Gasteiger partial charge in [-0.1, -0.05) is 21.6 Å². The Balaban J connectivity index is 0.000000675. The summed E-state index contributed by atoms with van der Waals surface area (Å²) >= 11 is 0. The van der Waals surface area contributed by atoms with E-state index < -0.39 is 18.1 Å². The Hall–Kier alpha value is -2.19. The standard InChI is InChI=1S/C17H25N3O4S2.C2HF3O2/c1-12-10-20(11-13(2)24-12)15-4-3-14(9-19-15)17(23)18-6-8-26-25-7-5-16(21)22;3-2(4,5)1(6)7/h3-4,9,12-13H,5-8,10-11H2,1-2H3,(H,18,23)(H,21,22);(H,6,7). The van der Waals surface area contributed by atoms with Crippen molar-refractivity contribution in [2.75, 3.05) is 36.0 Å². The van der Waals surface area contributed by atoms with E-state index in [1.807, 2.05) is 19.9 Å². The Bertz CT molecular complexity index is 773. The van der Waals surface area contributed by atoms with Gasteiger partial charge in [0.2, 0.25) is 0 Å². The molecule has 1 aromatic rings. The molecular formula is C19H26F3N3O6S2. The minimum Gasteiger partial charge on any atom is -0.481 e. The molecule has 0 aromatic carbocycles. The number of ether oxygens (including phenoxy) is 1. The highest BCUT2D eigenvalue weighted by Crippen LogP contribution is 2.21. The quantitative estimate of drug-likeness (QED) is 0.335. The van der Waals surface area contributed by atoms with Crippen molar-refractivity contribution in [3.05, 3.63) is 23.9 Å². The van der Waals surface area contributed by atoms with Crippen molar-refractivity contribution in [2.24, 2.45) is 0 Å². The van der Waals surface area contributed by atoms with Crippen molar-refractivity contribution in [3.8, 4) is 0 Å². The van der Waals surface area contributed by atoms with E-state index >= 15 is 0 Å². The summed E-state index contributed by atoms with van der Waals surface area (Å²) in [7, 11) is 3.06. The van der Waals surface area contributed by atoms with Gasteiger partial charge in [0.15, 0.2) is 0 Å². The summed E-state index contributed by atoms with van der Waals surface area (Å²) in [5, 5.41) is 18.5. The largest absolute Gasteiger partial charge is 0.490 e. The van der Waals surface area contributed by atoms with Crippen LogP contribution in [-0.2, 0) is 14.3 Å². The second kappa shape index (κ2) is 14.2. The number of anilines is 1. The number of pyridine rings is 1. The number of halogens is 3. The zero-order valence-corrected chi connectivity index (χ0v) is 19.6. The van der Waals surface area contributed by atoms with Gasteiger partial charge in [-0.2, -0.15) is 13.2 Å². The lowest BCUT2D eigenvalue weighted by atomic mass is 10.2. The first-order valence-corrected chi connectivity index (χ1v) is 12.3. The van der Waals surface area contributed by atoms with Gasteiger partial charge in [0.05, 0.1) is 24.2 Å². The van der Waals surface area contributed by atoms with Crippen LogP contribution in [0.1, 0.15) is 30.6 Å². The molecule has 0 radical (unpaired) electrons. The van der Waals surface area contributed by atoms with Crippen LogP contribution in [0.3, 0.4) is 0 Å². The molecule has 14 heteroatoms. The van der Waals surface area contributed by atoms with Gasteiger partial charge in [-0.05, 0) is 26.0 Å². The van der Waals surface area contributed by atoms with Gasteiger partial charge in [0, 0.05) is 37.3 Å². The van der Waals surface area contributed by atoms with Crippen LogP contribution in [-0.4, -0.2) is 82.6 Å². The molecule has 1 fully saturated rings. The molecule has 186 valence electrons. The van der Waals surface area contributed by atoms with E-state index in [0.717, 1.165) is 24.7 Å². The molecule has 2 unspecified atom stereocenters. The minimum atomic E-state index is -5.08. The predicted octanol–water partition coefficient (Wildman–Crippen LogP) is 2.91. The number of alkyl halides is 3. The molecule has 33 heavy (non-hydrogen) atoms. The molecule has 0 bridgehead atoms. The molecule has 1 aromatic heterocycles. The SMILES string of the molecule is CC1CN(c2ccc(C(=O)NCCSSCCC(=O)O)cn2)CC(C)O1.O=C(O)C(F)(F)F. The van der Waals surface area contributed by atoms with E-state index in [1.165, 1.54) is 10.8 Å². The number of rotatable bonds is 9. The summed E-state index contributed by atoms with van der Waals surface area (Å²) < 4.78 is 37.5. The fourth-order valence-corrected chi connectivity index (χ4v) is 4.51. The molecule has 0 spiro atoms. The number of aliphatic carboxylic acids is 2. The smallest absolute Gasteiger partial charge is 0.481 e.